The van der Waals surface area contributed by atoms with Gasteiger partial charge in [0.15, 0.2) is 6.29 Å². The van der Waals surface area contributed by atoms with Crippen molar-refractivity contribution in [2.45, 2.75) is 25.4 Å². The topological polar surface area (TPSA) is 55.4 Å². The number of nitrogens with one attached hydrogen (secondary N) is 1. The Bertz CT molecular complexity index is 583. The Morgan fingerprint density at radius 1 is 1.14 bits per heavy atom. The highest BCUT2D eigenvalue weighted by Gasteiger charge is 2.13. The number of ether oxygens (including phenoxy) is 1. The van der Waals surface area contributed by atoms with E-state index in [4.69, 9.17) is 4.74 Å². The number of carbonyl (C=O) groups is 2. The number of thiophene rings is 1. The molecule has 0 aliphatic rings. The third-order valence-electron chi connectivity index (χ3n) is 3.33. The smallest absolute Gasteiger partial charge is 0.207 e. The van der Waals surface area contributed by atoms with Gasteiger partial charge in [0.25, 0.3) is 0 Å². The molecule has 0 aliphatic heterocycles. The van der Waals surface area contributed by atoms with Crippen LogP contribution in [0.2, 0.25) is 0 Å². The molecule has 4 nitrogen and oxygen atoms in total. The Kier molecular flexibility index (Phi) is 6.64. The van der Waals surface area contributed by atoms with E-state index in [9.17, 15) is 9.59 Å². The predicted octanol–water partition coefficient (Wildman–Crippen LogP) is 3.08. The highest BCUT2D eigenvalue weighted by atomic mass is 32.1. The first-order chi connectivity index (χ1) is 10.8. The van der Waals surface area contributed by atoms with Gasteiger partial charge in [0.05, 0.1) is 5.56 Å². The number of rotatable bonds is 10. The summed E-state index contributed by atoms with van der Waals surface area (Å²) in [5.74, 6) is 0.597. The number of benzene rings is 1. The summed E-state index contributed by atoms with van der Waals surface area (Å²) in [5.41, 5.74) is 0.548. The van der Waals surface area contributed by atoms with E-state index < -0.39 is 0 Å². The van der Waals surface area contributed by atoms with Gasteiger partial charge in [-0.3, -0.25) is 9.59 Å². The van der Waals surface area contributed by atoms with Gasteiger partial charge < -0.3 is 10.1 Å². The average Bonchev–Trinajstić information content (AvgIpc) is 3.06. The molecule has 1 amide bonds. The van der Waals surface area contributed by atoms with Crippen molar-refractivity contribution in [3.8, 4) is 5.75 Å². The monoisotopic (exact) mass is 317 g/mol. The Hall–Kier alpha value is -2.14. The molecule has 5 heteroatoms. The maximum atomic E-state index is 11.1. The molecular formula is C17H19NO3S. The number of aryl methyl sites for hydroxylation is 1. The van der Waals surface area contributed by atoms with Crippen LogP contribution in [0, 0.1) is 0 Å². The van der Waals surface area contributed by atoms with Crippen LogP contribution in [0.15, 0.2) is 41.8 Å². The van der Waals surface area contributed by atoms with Crippen LogP contribution in [0.4, 0.5) is 0 Å². The number of carbonyl (C=O) groups excluding carboxylic acids is 2. The average molecular weight is 317 g/mol. The van der Waals surface area contributed by atoms with Crippen LogP contribution in [0.25, 0.3) is 0 Å². The maximum Gasteiger partial charge on any atom is 0.207 e. The molecule has 0 bridgehead atoms. The Morgan fingerprint density at radius 3 is 2.73 bits per heavy atom. The second-order valence-electron chi connectivity index (χ2n) is 4.87. The zero-order valence-electron chi connectivity index (χ0n) is 12.2. The molecule has 1 N–H and O–H groups in total. The highest BCUT2D eigenvalue weighted by molar-refractivity contribution is 7.09. The van der Waals surface area contributed by atoms with Crippen molar-refractivity contribution in [3.63, 3.8) is 0 Å². The van der Waals surface area contributed by atoms with Gasteiger partial charge in [-0.05, 0) is 36.4 Å². The van der Waals surface area contributed by atoms with Crippen LogP contribution >= 0.6 is 11.3 Å². The van der Waals surface area contributed by atoms with Gasteiger partial charge in [-0.1, -0.05) is 18.2 Å². The predicted molar refractivity (Wildman–Crippen MR) is 87.6 cm³/mol. The normalized spacial score (nSPS) is 11.6. The first kappa shape index (κ1) is 16.2. The van der Waals surface area contributed by atoms with Crippen molar-refractivity contribution >= 4 is 24.0 Å². The summed E-state index contributed by atoms with van der Waals surface area (Å²) in [7, 11) is 0. The van der Waals surface area contributed by atoms with E-state index >= 15 is 0 Å². The van der Waals surface area contributed by atoms with Crippen LogP contribution in [-0.4, -0.2) is 25.3 Å². The first-order valence-corrected chi connectivity index (χ1v) is 8.11. The number of para-hydroxylation sites is 1. The van der Waals surface area contributed by atoms with Crippen LogP contribution in [0.1, 0.15) is 28.1 Å². The summed E-state index contributed by atoms with van der Waals surface area (Å²) in [6, 6.07) is 11.3. The minimum atomic E-state index is -0.0457. The highest BCUT2D eigenvalue weighted by Crippen LogP contribution is 2.21. The van der Waals surface area contributed by atoms with Gasteiger partial charge in [-0.25, -0.2) is 0 Å². The van der Waals surface area contributed by atoms with Crippen molar-refractivity contribution in [2.75, 3.05) is 6.54 Å². The fourth-order valence-corrected chi connectivity index (χ4v) is 2.91. The van der Waals surface area contributed by atoms with E-state index in [2.05, 4.69) is 16.8 Å². The molecule has 0 spiro atoms. The Morgan fingerprint density at radius 2 is 2.00 bits per heavy atom. The summed E-state index contributed by atoms with van der Waals surface area (Å²) in [4.78, 5) is 22.8. The molecule has 1 unspecified atom stereocenters. The molecule has 1 heterocycles. The van der Waals surface area contributed by atoms with Crippen LogP contribution < -0.4 is 10.1 Å². The summed E-state index contributed by atoms with van der Waals surface area (Å²) < 4.78 is 6.00. The molecule has 0 aliphatic carbocycles. The number of hydrogen-bond donors (Lipinski definition) is 1. The minimum Gasteiger partial charge on any atom is -0.490 e. The van der Waals surface area contributed by atoms with Gasteiger partial charge in [0.1, 0.15) is 11.9 Å². The largest absolute Gasteiger partial charge is 0.490 e. The van der Waals surface area contributed by atoms with Crippen molar-refractivity contribution in [1.82, 2.24) is 5.32 Å². The standard InChI is InChI=1S/C17H19NO3S/c19-12-14-4-1-2-6-17(14)21-15(9-10-18-13-20)7-8-16-5-3-11-22-16/h1-6,11-13,15H,7-10H2,(H,18,20). The van der Waals surface area contributed by atoms with E-state index in [-0.39, 0.29) is 6.10 Å². The quantitative estimate of drug-likeness (QED) is 0.541. The lowest BCUT2D eigenvalue weighted by Crippen LogP contribution is -2.24. The summed E-state index contributed by atoms with van der Waals surface area (Å²) in [6.45, 7) is 0.557. The van der Waals surface area contributed by atoms with Gasteiger partial charge >= 0.3 is 0 Å². The van der Waals surface area contributed by atoms with Crippen molar-refractivity contribution in [1.29, 1.82) is 0 Å². The lowest BCUT2D eigenvalue weighted by Gasteiger charge is -2.20. The minimum absolute atomic E-state index is 0.0457. The zero-order valence-corrected chi connectivity index (χ0v) is 13.1. The van der Waals surface area contributed by atoms with Crippen LogP contribution in [0.5, 0.6) is 5.75 Å². The van der Waals surface area contributed by atoms with Gasteiger partial charge in [0, 0.05) is 17.8 Å². The zero-order chi connectivity index (χ0) is 15.6. The molecule has 2 aromatic rings. The lowest BCUT2D eigenvalue weighted by molar-refractivity contribution is -0.109. The summed E-state index contributed by atoms with van der Waals surface area (Å²) >= 11 is 1.72. The first-order valence-electron chi connectivity index (χ1n) is 7.23. The second-order valence-corrected chi connectivity index (χ2v) is 5.91. The van der Waals surface area contributed by atoms with Gasteiger partial charge in [0.2, 0.25) is 6.41 Å². The second kappa shape index (κ2) is 9.00. The molecule has 22 heavy (non-hydrogen) atoms. The SMILES string of the molecule is O=CNCCC(CCc1cccs1)Oc1ccccc1C=O. The van der Waals surface area contributed by atoms with Crippen molar-refractivity contribution in [2.24, 2.45) is 0 Å². The molecule has 0 saturated heterocycles. The molecular weight excluding hydrogens is 298 g/mol. The van der Waals surface area contributed by atoms with Crippen molar-refractivity contribution in [3.05, 3.63) is 52.2 Å². The van der Waals surface area contributed by atoms with Gasteiger partial charge in [-0.2, -0.15) is 0 Å². The van der Waals surface area contributed by atoms with E-state index in [0.29, 0.717) is 30.7 Å². The Labute approximate surface area is 134 Å². The molecule has 1 atom stereocenters. The number of amides is 1. The van der Waals surface area contributed by atoms with E-state index in [1.54, 1.807) is 23.5 Å². The van der Waals surface area contributed by atoms with E-state index in [1.807, 2.05) is 18.2 Å². The third-order valence-corrected chi connectivity index (χ3v) is 4.26. The third kappa shape index (κ3) is 5.00. The molecule has 2 rings (SSSR count). The number of hydrogen-bond acceptors (Lipinski definition) is 4. The summed E-state index contributed by atoms with van der Waals surface area (Å²) in [5, 5.41) is 4.72. The number of aldehydes is 1. The van der Waals surface area contributed by atoms with Gasteiger partial charge in [-0.15, -0.1) is 11.3 Å². The molecule has 1 aromatic carbocycles. The fraction of sp³-hybridized carbons (Fsp3) is 0.294. The molecule has 0 radical (unpaired) electrons. The van der Waals surface area contributed by atoms with E-state index in [1.165, 1.54) is 4.88 Å². The summed E-state index contributed by atoms with van der Waals surface area (Å²) in [6.07, 6.45) is 3.92. The fourth-order valence-electron chi connectivity index (χ4n) is 2.19. The lowest BCUT2D eigenvalue weighted by atomic mass is 10.1. The van der Waals surface area contributed by atoms with Crippen LogP contribution in [-0.2, 0) is 11.2 Å². The van der Waals surface area contributed by atoms with Crippen molar-refractivity contribution < 1.29 is 14.3 Å². The van der Waals surface area contributed by atoms with E-state index in [0.717, 1.165) is 19.1 Å². The Balaban J connectivity index is 1.99. The maximum absolute atomic E-state index is 11.1. The molecule has 0 saturated carbocycles. The molecule has 116 valence electrons. The molecule has 1 aromatic heterocycles. The van der Waals surface area contributed by atoms with Crippen LogP contribution in [0.3, 0.4) is 0 Å². The molecule has 0 fully saturated rings.